The van der Waals surface area contributed by atoms with E-state index in [-0.39, 0.29) is 11.5 Å². The molecular formula is C12H14BrFN2O. The molecule has 2 rings (SSSR count). The summed E-state index contributed by atoms with van der Waals surface area (Å²) in [7, 11) is 0. The smallest absolute Gasteiger partial charge is 0.254 e. The Morgan fingerprint density at radius 1 is 1.59 bits per heavy atom. The van der Waals surface area contributed by atoms with Gasteiger partial charge in [0.15, 0.2) is 5.82 Å². The molecule has 1 aliphatic carbocycles. The largest absolute Gasteiger partial charge is 0.352 e. The lowest BCUT2D eigenvalue weighted by Gasteiger charge is -2.11. The Balaban J connectivity index is 1.88. The average molecular weight is 301 g/mol. The summed E-state index contributed by atoms with van der Waals surface area (Å²) in [4.78, 5) is 15.9. The monoisotopic (exact) mass is 300 g/mol. The van der Waals surface area contributed by atoms with Crippen molar-refractivity contribution in [1.29, 1.82) is 0 Å². The predicted octanol–water partition coefficient (Wildman–Crippen LogP) is 2.51. The molecule has 0 spiro atoms. The summed E-state index contributed by atoms with van der Waals surface area (Å²) in [6, 6.07) is 1.40. The van der Waals surface area contributed by atoms with E-state index in [1.54, 1.807) is 0 Å². The van der Waals surface area contributed by atoms with Gasteiger partial charge in [0, 0.05) is 17.6 Å². The number of carbonyl (C=O) groups excluding carboxylic acids is 1. The van der Waals surface area contributed by atoms with Crippen molar-refractivity contribution in [3.8, 4) is 0 Å². The highest BCUT2D eigenvalue weighted by molar-refractivity contribution is 9.09. The van der Waals surface area contributed by atoms with E-state index < -0.39 is 5.82 Å². The van der Waals surface area contributed by atoms with Crippen LogP contribution in [0.2, 0.25) is 0 Å². The number of rotatable bonds is 3. The van der Waals surface area contributed by atoms with E-state index >= 15 is 0 Å². The Labute approximate surface area is 108 Å². The molecule has 1 aromatic heterocycles. The van der Waals surface area contributed by atoms with Gasteiger partial charge in [0.05, 0.1) is 11.8 Å². The number of amides is 1. The van der Waals surface area contributed by atoms with Gasteiger partial charge in [0.25, 0.3) is 5.91 Å². The first-order valence-corrected chi connectivity index (χ1v) is 6.60. The molecule has 2 unspecified atom stereocenters. The molecule has 1 amide bonds. The van der Waals surface area contributed by atoms with Crippen LogP contribution in [0.15, 0.2) is 18.5 Å². The summed E-state index contributed by atoms with van der Waals surface area (Å²) in [5, 5.41) is 2.77. The van der Waals surface area contributed by atoms with E-state index in [0.29, 0.717) is 17.3 Å². The molecule has 0 bridgehead atoms. The highest BCUT2D eigenvalue weighted by atomic mass is 79.9. The Kier molecular flexibility index (Phi) is 4.10. The summed E-state index contributed by atoms with van der Waals surface area (Å²) >= 11 is 3.56. The van der Waals surface area contributed by atoms with Gasteiger partial charge in [0.1, 0.15) is 0 Å². The first-order chi connectivity index (χ1) is 8.16. The van der Waals surface area contributed by atoms with Crippen LogP contribution in [0.25, 0.3) is 0 Å². The summed E-state index contributed by atoms with van der Waals surface area (Å²) in [6.07, 6.45) is 5.79. The van der Waals surface area contributed by atoms with Crippen molar-refractivity contribution in [3.63, 3.8) is 0 Å². The summed E-state index contributed by atoms with van der Waals surface area (Å²) in [5.74, 6) is -0.439. The molecule has 0 aromatic carbocycles. The molecule has 1 aliphatic rings. The van der Waals surface area contributed by atoms with Crippen LogP contribution in [-0.2, 0) is 0 Å². The fourth-order valence-corrected chi connectivity index (χ4v) is 2.88. The van der Waals surface area contributed by atoms with Gasteiger partial charge in [-0.05, 0) is 31.2 Å². The van der Waals surface area contributed by atoms with Gasteiger partial charge in [-0.25, -0.2) is 4.39 Å². The standard InChI is InChI=1S/C12H14BrFN2O/c13-9-2-1-8(5-9)6-16-12(17)10-3-4-15-7-11(10)14/h3-4,7-9H,1-2,5-6H2,(H,16,17). The number of alkyl halides is 1. The van der Waals surface area contributed by atoms with Crippen LogP contribution in [0.3, 0.4) is 0 Å². The Morgan fingerprint density at radius 2 is 2.41 bits per heavy atom. The molecule has 0 radical (unpaired) electrons. The third kappa shape index (κ3) is 3.25. The van der Waals surface area contributed by atoms with E-state index in [1.165, 1.54) is 12.3 Å². The molecule has 2 atom stereocenters. The average Bonchev–Trinajstić information content (AvgIpc) is 2.73. The van der Waals surface area contributed by atoms with E-state index in [0.717, 1.165) is 25.5 Å². The number of hydrogen-bond acceptors (Lipinski definition) is 2. The molecule has 0 aliphatic heterocycles. The van der Waals surface area contributed by atoms with Gasteiger partial charge < -0.3 is 5.32 Å². The van der Waals surface area contributed by atoms with E-state index in [2.05, 4.69) is 26.2 Å². The molecule has 1 aromatic rings. The van der Waals surface area contributed by atoms with Gasteiger partial charge in [0.2, 0.25) is 0 Å². The van der Waals surface area contributed by atoms with Crippen molar-refractivity contribution in [2.75, 3.05) is 6.54 Å². The minimum absolute atomic E-state index is 0.0633. The molecule has 1 N–H and O–H groups in total. The van der Waals surface area contributed by atoms with Gasteiger partial charge in [-0.15, -0.1) is 0 Å². The Hall–Kier alpha value is -0.970. The fraction of sp³-hybridized carbons (Fsp3) is 0.500. The third-order valence-corrected chi connectivity index (χ3v) is 3.88. The van der Waals surface area contributed by atoms with Crippen LogP contribution in [0.5, 0.6) is 0 Å². The van der Waals surface area contributed by atoms with Crippen molar-refractivity contribution in [2.24, 2.45) is 5.92 Å². The Bertz CT molecular complexity index is 413. The number of halogens is 2. The highest BCUT2D eigenvalue weighted by Gasteiger charge is 2.23. The van der Waals surface area contributed by atoms with Gasteiger partial charge in [-0.2, -0.15) is 0 Å². The minimum Gasteiger partial charge on any atom is -0.352 e. The van der Waals surface area contributed by atoms with E-state index in [1.807, 2.05) is 0 Å². The zero-order valence-corrected chi connectivity index (χ0v) is 10.9. The highest BCUT2D eigenvalue weighted by Crippen LogP contribution is 2.30. The van der Waals surface area contributed by atoms with Crippen LogP contribution in [-0.4, -0.2) is 22.3 Å². The number of hydrogen-bond donors (Lipinski definition) is 1. The number of pyridine rings is 1. The van der Waals surface area contributed by atoms with E-state index in [4.69, 9.17) is 0 Å². The molecule has 92 valence electrons. The lowest BCUT2D eigenvalue weighted by atomic mass is 10.1. The molecule has 1 heterocycles. The Morgan fingerprint density at radius 3 is 3.06 bits per heavy atom. The summed E-state index contributed by atoms with van der Waals surface area (Å²) in [5.41, 5.74) is 0.0633. The molecule has 0 saturated heterocycles. The summed E-state index contributed by atoms with van der Waals surface area (Å²) < 4.78 is 13.3. The first kappa shape index (κ1) is 12.5. The number of aromatic nitrogens is 1. The van der Waals surface area contributed by atoms with Crippen molar-refractivity contribution >= 4 is 21.8 Å². The molecule has 1 saturated carbocycles. The lowest BCUT2D eigenvalue weighted by Crippen LogP contribution is -2.29. The summed E-state index contributed by atoms with van der Waals surface area (Å²) in [6.45, 7) is 0.614. The number of nitrogens with zero attached hydrogens (tertiary/aromatic N) is 1. The molecule has 1 fully saturated rings. The second-order valence-corrected chi connectivity index (χ2v) is 5.64. The second kappa shape index (κ2) is 5.58. The van der Waals surface area contributed by atoms with Crippen LogP contribution < -0.4 is 5.32 Å². The zero-order valence-electron chi connectivity index (χ0n) is 9.33. The number of nitrogens with one attached hydrogen (secondary N) is 1. The maximum absolute atomic E-state index is 13.3. The van der Waals surface area contributed by atoms with Crippen LogP contribution >= 0.6 is 15.9 Å². The molecule has 3 nitrogen and oxygen atoms in total. The quantitative estimate of drug-likeness (QED) is 0.872. The predicted molar refractivity (Wildman–Crippen MR) is 66.6 cm³/mol. The number of carbonyl (C=O) groups is 1. The minimum atomic E-state index is -0.574. The lowest BCUT2D eigenvalue weighted by molar-refractivity contribution is 0.0943. The van der Waals surface area contributed by atoms with E-state index in [9.17, 15) is 9.18 Å². The molecule has 17 heavy (non-hydrogen) atoms. The first-order valence-electron chi connectivity index (χ1n) is 5.68. The van der Waals surface area contributed by atoms with Crippen molar-refractivity contribution in [1.82, 2.24) is 10.3 Å². The maximum Gasteiger partial charge on any atom is 0.254 e. The SMILES string of the molecule is O=C(NCC1CCC(Br)C1)c1ccncc1F. The maximum atomic E-state index is 13.3. The van der Waals surface area contributed by atoms with Crippen molar-refractivity contribution in [2.45, 2.75) is 24.1 Å². The van der Waals surface area contributed by atoms with Crippen molar-refractivity contribution in [3.05, 3.63) is 29.8 Å². The van der Waals surface area contributed by atoms with Gasteiger partial charge in [-0.1, -0.05) is 15.9 Å². The van der Waals surface area contributed by atoms with Crippen molar-refractivity contribution < 1.29 is 9.18 Å². The molecular weight excluding hydrogens is 287 g/mol. The molecule has 5 heteroatoms. The zero-order chi connectivity index (χ0) is 12.3. The van der Waals surface area contributed by atoms with Gasteiger partial charge >= 0.3 is 0 Å². The topological polar surface area (TPSA) is 42.0 Å². The van der Waals surface area contributed by atoms with Gasteiger partial charge in [-0.3, -0.25) is 9.78 Å². The third-order valence-electron chi connectivity index (χ3n) is 3.05. The van der Waals surface area contributed by atoms with Crippen LogP contribution in [0.4, 0.5) is 4.39 Å². The normalized spacial score (nSPS) is 23.6. The second-order valence-electron chi connectivity index (χ2n) is 4.34. The fourth-order valence-electron chi connectivity index (χ4n) is 2.09. The van der Waals surface area contributed by atoms with Crippen LogP contribution in [0.1, 0.15) is 29.6 Å². The van der Waals surface area contributed by atoms with Crippen LogP contribution in [0, 0.1) is 11.7 Å².